The molecule has 0 spiro atoms. The van der Waals surface area contributed by atoms with Gasteiger partial charge in [-0.3, -0.25) is 5.43 Å². The van der Waals surface area contributed by atoms with E-state index >= 15 is 0 Å². The Balaban J connectivity index is 2.71. The second kappa shape index (κ2) is 6.17. The van der Waals surface area contributed by atoms with Crippen LogP contribution in [0.25, 0.3) is 0 Å². The fourth-order valence-electron chi connectivity index (χ4n) is 1.15. The topological polar surface area (TPSA) is 36.4 Å². The van der Waals surface area contributed by atoms with Crippen molar-refractivity contribution in [1.82, 2.24) is 10.7 Å². The van der Waals surface area contributed by atoms with Crippen molar-refractivity contribution in [1.29, 1.82) is 0 Å². The summed E-state index contributed by atoms with van der Waals surface area (Å²) in [5.74, 6) is -0.292. The highest BCUT2D eigenvalue weighted by Gasteiger charge is 2.03. The van der Waals surface area contributed by atoms with Gasteiger partial charge < -0.3 is 5.32 Å². The predicted octanol–water partition coefficient (Wildman–Crippen LogP) is 2.03. The molecule has 0 aliphatic carbocycles. The largest absolute Gasteiger partial charge is 0.362 e. The summed E-state index contributed by atoms with van der Waals surface area (Å²) in [7, 11) is 0. The van der Waals surface area contributed by atoms with Gasteiger partial charge in [0.05, 0.1) is 5.71 Å². The molecule has 0 fully saturated rings. The second-order valence-electron chi connectivity index (χ2n) is 3.15. The third-order valence-electron chi connectivity index (χ3n) is 1.93. The van der Waals surface area contributed by atoms with Crippen molar-refractivity contribution in [2.75, 3.05) is 6.54 Å². The Bertz CT molecular complexity index is 404. The fourth-order valence-corrected chi connectivity index (χ4v) is 1.34. The summed E-state index contributed by atoms with van der Waals surface area (Å²) in [4.78, 5) is 0. The molecule has 0 bridgehead atoms. The zero-order chi connectivity index (χ0) is 12.0. The molecule has 0 aliphatic rings. The lowest BCUT2D eigenvalue weighted by Crippen LogP contribution is -2.32. The first-order valence-electron chi connectivity index (χ1n) is 4.98. The maximum absolute atomic E-state index is 13.4. The second-order valence-corrected chi connectivity index (χ2v) is 3.56. The molecule has 0 saturated carbocycles. The summed E-state index contributed by atoms with van der Waals surface area (Å²) >= 11 is 4.93. The normalized spacial score (nSPS) is 11.1. The molecule has 1 aromatic carbocycles. The van der Waals surface area contributed by atoms with E-state index in [9.17, 15) is 4.39 Å². The summed E-state index contributed by atoms with van der Waals surface area (Å²) in [6.45, 7) is 4.38. The first-order chi connectivity index (χ1) is 7.65. The van der Waals surface area contributed by atoms with Crippen molar-refractivity contribution >= 4 is 23.0 Å². The van der Waals surface area contributed by atoms with Crippen LogP contribution in [0.1, 0.15) is 19.4 Å². The van der Waals surface area contributed by atoms with E-state index in [2.05, 4.69) is 15.8 Å². The molecule has 86 valence electrons. The lowest BCUT2D eigenvalue weighted by atomic mass is 10.1. The summed E-state index contributed by atoms with van der Waals surface area (Å²) in [5.41, 5.74) is 3.67. The average Bonchev–Trinajstić information content (AvgIpc) is 2.27. The molecule has 5 heteroatoms. The van der Waals surface area contributed by atoms with E-state index in [1.165, 1.54) is 6.07 Å². The number of benzene rings is 1. The lowest BCUT2D eigenvalue weighted by molar-refractivity contribution is 0.625. The van der Waals surface area contributed by atoms with Gasteiger partial charge in [-0.2, -0.15) is 5.10 Å². The Kier molecular flexibility index (Phi) is 4.85. The lowest BCUT2D eigenvalue weighted by Gasteiger charge is -2.06. The van der Waals surface area contributed by atoms with Crippen LogP contribution in [-0.2, 0) is 0 Å². The van der Waals surface area contributed by atoms with E-state index < -0.39 is 0 Å². The quantitative estimate of drug-likeness (QED) is 0.481. The van der Waals surface area contributed by atoms with Crippen LogP contribution in [0.2, 0.25) is 0 Å². The highest BCUT2D eigenvalue weighted by atomic mass is 32.1. The Hall–Kier alpha value is -1.49. The van der Waals surface area contributed by atoms with E-state index in [1.807, 2.05) is 6.92 Å². The SMILES string of the molecule is CCNC(=S)N/N=C(\C)c1ccccc1F. The molecule has 0 unspecified atom stereocenters. The predicted molar refractivity (Wildman–Crippen MR) is 68.0 cm³/mol. The smallest absolute Gasteiger partial charge is 0.186 e. The third-order valence-corrected chi connectivity index (χ3v) is 2.16. The van der Waals surface area contributed by atoms with Gasteiger partial charge in [0.1, 0.15) is 5.82 Å². The molecule has 0 amide bonds. The number of hydrogen-bond acceptors (Lipinski definition) is 2. The molecule has 16 heavy (non-hydrogen) atoms. The molecule has 0 radical (unpaired) electrons. The van der Waals surface area contributed by atoms with Crippen LogP contribution < -0.4 is 10.7 Å². The Morgan fingerprint density at radius 2 is 2.12 bits per heavy atom. The van der Waals surface area contributed by atoms with Crippen LogP contribution >= 0.6 is 12.2 Å². The molecule has 3 nitrogen and oxygen atoms in total. The van der Waals surface area contributed by atoms with E-state index in [1.54, 1.807) is 25.1 Å². The van der Waals surface area contributed by atoms with Crippen molar-refractivity contribution < 1.29 is 4.39 Å². The van der Waals surface area contributed by atoms with Crippen molar-refractivity contribution in [3.05, 3.63) is 35.6 Å². The van der Waals surface area contributed by atoms with Crippen molar-refractivity contribution in [2.45, 2.75) is 13.8 Å². The first kappa shape index (κ1) is 12.6. The summed E-state index contributed by atoms with van der Waals surface area (Å²) in [6, 6.07) is 6.48. The van der Waals surface area contributed by atoms with E-state index in [4.69, 9.17) is 12.2 Å². The van der Waals surface area contributed by atoms with Gasteiger partial charge in [-0.25, -0.2) is 4.39 Å². The number of halogens is 1. The van der Waals surface area contributed by atoms with E-state index in [0.29, 0.717) is 16.4 Å². The number of rotatable bonds is 3. The Labute approximate surface area is 99.7 Å². The molecule has 0 saturated heterocycles. The summed E-state index contributed by atoms with van der Waals surface area (Å²) < 4.78 is 13.4. The first-order valence-corrected chi connectivity index (χ1v) is 5.39. The Morgan fingerprint density at radius 1 is 1.44 bits per heavy atom. The minimum atomic E-state index is -0.292. The summed E-state index contributed by atoms with van der Waals surface area (Å²) in [5, 5.41) is 7.31. The van der Waals surface area contributed by atoms with Gasteiger partial charge in [-0.05, 0) is 32.1 Å². The molecule has 1 rings (SSSR count). The van der Waals surface area contributed by atoms with Gasteiger partial charge in [0, 0.05) is 12.1 Å². The molecule has 2 N–H and O–H groups in total. The van der Waals surface area contributed by atoms with Crippen LogP contribution in [-0.4, -0.2) is 17.4 Å². The monoisotopic (exact) mass is 239 g/mol. The standard InChI is InChI=1S/C11H14FN3S/c1-3-13-11(16)15-14-8(2)9-6-4-5-7-10(9)12/h4-7H,3H2,1-2H3,(H2,13,15,16)/b14-8+. The highest BCUT2D eigenvalue weighted by molar-refractivity contribution is 7.80. The van der Waals surface area contributed by atoms with Gasteiger partial charge in [0.2, 0.25) is 0 Å². The van der Waals surface area contributed by atoms with Crippen molar-refractivity contribution in [3.8, 4) is 0 Å². The molecule has 0 heterocycles. The average molecular weight is 239 g/mol. The Morgan fingerprint density at radius 3 is 2.75 bits per heavy atom. The van der Waals surface area contributed by atoms with Gasteiger partial charge in [-0.1, -0.05) is 18.2 Å². The number of thiocarbonyl (C=S) groups is 1. The number of nitrogens with zero attached hydrogens (tertiary/aromatic N) is 1. The molecule has 0 aromatic heterocycles. The number of hydrazone groups is 1. The van der Waals surface area contributed by atoms with Crippen molar-refractivity contribution in [2.24, 2.45) is 5.10 Å². The molecule has 0 aliphatic heterocycles. The fraction of sp³-hybridized carbons (Fsp3) is 0.273. The molecular formula is C11H14FN3S. The van der Waals surface area contributed by atoms with Crippen LogP contribution in [0, 0.1) is 5.82 Å². The van der Waals surface area contributed by atoms with Crippen LogP contribution in [0.5, 0.6) is 0 Å². The van der Waals surface area contributed by atoms with Gasteiger partial charge in [0.25, 0.3) is 0 Å². The van der Waals surface area contributed by atoms with Gasteiger partial charge in [0.15, 0.2) is 5.11 Å². The minimum Gasteiger partial charge on any atom is -0.362 e. The molecule has 1 aromatic rings. The third kappa shape index (κ3) is 3.58. The molecular weight excluding hydrogens is 225 g/mol. The zero-order valence-corrected chi connectivity index (χ0v) is 10.1. The number of nitrogens with one attached hydrogen (secondary N) is 2. The highest BCUT2D eigenvalue weighted by Crippen LogP contribution is 2.07. The van der Waals surface area contributed by atoms with E-state index in [-0.39, 0.29) is 5.82 Å². The summed E-state index contributed by atoms with van der Waals surface area (Å²) in [6.07, 6.45) is 0. The van der Waals surface area contributed by atoms with Gasteiger partial charge in [-0.15, -0.1) is 0 Å². The van der Waals surface area contributed by atoms with Gasteiger partial charge >= 0.3 is 0 Å². The van der Waals surface area contributed by atoms with Crippen LogP contribution in [0.4, 0.5) is 4.39 Å². The van der Waals surface area contributed by atoms with Crippen molar-refractivity contribution in [3.63, 3.8) is 0 Å². The van der Waals surface area contributed by atoms with Crippen LogP contribution in [0.15, 0.2) is 29.4 Å². The maximum atomic E-state index is 13.4. The number of hydrogen-bond donors (Lipinski definition) is 2. The van der Waals surface area contributed by atoms with E-state index in [0.717, 1.165) is 6.54 Å². The zero-order valence-electron chi connectivity index (χ0n) is 9.25. The minimum absolute atomic E-state index is 0.292. The van der Waals surface area contributed by atoms with Crippen LogP contribution in [0.3, 0.4) is 0 Å². The molecule has 0 atom stereocenters. The maximum Gasteiger partial charge on any atom is 0.186 e.